The molecule has 0 radical (unpaired) electrons. The van der Waals surface area contributed by atoms with Crippen LogP contribution in [0.4, 0.5) is 0 Å². The molecule has 69 heavy (non-hydrogen) atoms. The van der Waals surface area contributed by atoms with Crippen molar-refractivity contribution in [2.45, 2.75) is 138 Å². The molecule has 10 aromatic rings. The summed E-state index contributed by atoms with van der Waals surface area (Å²) in [6.07, 6.45) is 0. The fourth-order valence-corrected chi connectivity index (χ4v) is 7.19. The van der Waals surface area contributed by atoms with Crippen molar-refractivity contribution in [1.82, 2.24) is 90.4 Å². The first-order valence-electron chi connectivity index (χ1n) is 20.8. The number of fused-ring (bicyclic) bond motifs is 1. The lowest BCUT2D eigenvalue weighted by molar-refractivity contribution is 0.373. The molecule has 372 valence electrons. The number of hydrogen-bond donors (Lipinski definition) is 0. The van der Waals surface area contributed by atoms with Crippen LogP contribution in [0.2, 0.25) is 0 Å². The van der Waals surface area contributed by atoms with E-state index in [-0.39, 0.29) is 0 Å². The summed E-state index contributed by atoms with van der Waals surface area (Å²) in [5.41, 5.74) is 7.73. The van der Waals surface area contributed by atoms with Gasteiger partial charge in [-0.25, -0.2) is 15.0 Å². The zero-order chi connectivity index (χ0) is 51.8. The summed E-state index contributed by atoms with van der Waals surface area (Å²) < 4.78 is 32.3. The summed E-state index contributed by atoms with van der Waals surface area (Å²) in [5.74, 6) is 6.92. The zero-order valence-corrected chi connectivity index (χ0v) is 46.0. The average Bonchev–Trinajstić information content (AvgIpc) is 4.15. The standard InChI is InChI=1S/C12H15NS.C6H9NO.3C4H6N2O.2C4H6N2S.C2H3N3O.C2H3N3S/c1-6-7(2)9(4)12-11(8(6)3)13-10(5)14-12;1-4-5(2)8-6(3)7-4;1-3-5-6-4(2)7-3;2*1-3-5-4(2)7-6-3;1-3-5-6-4(2)7-3;1-3-5-4(2)7-6-3;2*1-2-3-4-5-6-2/h1-5H3;1-3H3;5*1-2H3;2*1H3. The number of thiazole rings is 1. The minimum atomic E-state index is 0.495. The third kappa shape index (κ3) is 23.3. The second-order valence-electron chi connectivity index (χ2n) is 14.3. The molecule has 27 heteroatoms. The summed E-state index contributed by atoms with van der Waals surface area (Å²) >= 11 is 6.17. The van der Waals surface area contributed by atoms with Gasteiger partial charge in [0.05, 0.1) is 26.2 Å². The third-order valence-corrected chi connectivity index (χ3v) is 11.2. The SMILES string of the molecule is Cc1nc(C)c(C)o1.Cc1nc2c(C)c(C)c(C)c(C)c2s1.Cc1nnc(C)o1.Cc1nnc(C)s1.Cc1nnno1.Cc1nnns1.Cc1noc(C)n1.Cc1noc(C)n1.Cc1nsc(C)n1. The minimum absolute atomic E-state index is 0.495. The summed E-state index contributed by atoms with van der Waals surface area (Å²) in [6.45, 7) is 38.4. The van der Waals surface area contributed by atoms with E-state index in [1.807, 2.05) is 55.4 Å². The van der Waals surface area contributed by atoms with E-state index in [0.717, 1.165) is 48.2 Å². The molecular formula is C42H60N18O5S4. The van der Waals surface area contributed by atoms with Crippen LogP contribution in [0.1, 0.15) is 112 Å². The normalized spacial score (nSPS) is 9.74. The number of aromatic nitrogens is 18. The molecule has 0 aliphatic rings. The fraction of sp³-hybridized carbons (Fsp3) is 0.476. The second-order valence-corrected chi connectivity index (χ2v) is 18.8. The number of hydrogen-bond acceptors (Lipinski definition) is 27. The van der Waals surface area contributed by atoms with Crippen LogP contribution in [-0.2, 0) is 0 Å². The summed E-state index contributed by atoms with van der Waals surface area (Å²) in [4.78, 5) is 20.3. The maximum absolute atomic E-state index is 5.10. The highest BCUT2D eigenvalue weighted by Crippen LogP contribution is 2.32. The topological polar surface area (TPSA) is 298 Å². The summed E-state index contributed by atoms with van der Waals surface area (Å²) in [5, 5.41) is 43.6. The molecule has 9 aromatic heterocycles. The van der Waals surface area contributed by atoms with Crippen molar-refractivity contribution >= 4 is 56.0 Å². The van der Waals surface area contributed by atoms with Crippen LogP contribution >= 0.6 is 45.7 Å². The Balaban J connectivity index is 0.000000270. The lowest BCUT2D eigenvalue weighted by Crippen LogP contribution is -1.91. The Morgan fingerprint density at radius 2 is 0.928 bits per heavy atom. The summed E-state index contributed by atoms with van der Waals surface area (Å²) in [6, 6.07) is 0. The molecule has 0 aliphatic heterocycles. The number of oxazole rings is 1. The lowest BCUT2D eigenvalue weighted by atomic mass is 9.99. The van der Waals surface area contributed by atoms with Crippen molar-refractivity contribution in [2.75, 3.05) is 0 Å². The molecule has 0 spiro atoms. The van der Waals surface area contributed by atoms with Crippen LogP contribution in [0.3, 0.4) is 0 Å². The molecular weight excluding hydrogens is 965 g/mol. The van der Waals surface area contributed by atoms with E-state index in [4.69, 9.17) is 8.83 Å². The maximum Gasteiger partial charge on any atom is 0.245 e. The fourth-order valence-electron chi connectivity index (χ4n) is 4.83. The van der Waals surface area contributed by atoms with Crippen LogP contribution in [0.25, 0.3) is 10.2 Å². The number of benzene rings is 1. The Labute approximate surface area is 416 Å². The van der Waals surface area contributed by atoms with Gasteiger partial charge in [-0.1, -0.05) is 19.9 Å². The van der Waals surface area contributed by atoms with E-state index in [2.05, 4.69) is 139 Å². The molecule has 0 amide bonds. The van der Waals surface area contributed by atoms with Gasteiger partial charge in [0, 0.05) is 53.1 Å². The Morgan fingerprint density at radius 3 is 1.16 bits per heavy atom. The molecule has 23 nitrogen and oxygen atoms in total. The van der Waals surface area contributed by atoms with Crippen molar-refractivity contribution in [1.29, 1.82) is 0 Å². The van der Waals surface area contributed by atoms with Gasteiger partial charge in [-0.2, -0.15) is 14.3 Å². The van der Waals surface area contributed by atoms with Crippen molar-refractivity contribution in [3.05, 3.63) is 112 Å². The molecule has 10 rings (SSSR count). The molecule has 0 atom stereocenters. The van der Waals surface area contributed by atoms with Crippen LogP contribution in [0, 0.1) is 138 Å². The number of aryl methyl sites for hydroxylation is 18. The highest BCUT2D eigenvalue weighted by Gasteiger charge is 2.12. The van der Waals surface area contributed by atoms with Crippen LogP contribution in [0.5, 0.6) is 0 Å². The monoisotopic (exact) mass is 1020 g/mol. The molecule has 1 aromatic carbocycles. The molecule has 0 bridgehead atoms. The van der Waals surface area contributed by atoms with Gasteiger partial charge >= 0.3 is 0 Å². The van der Waals surface area contributed by atoms with E-state index in [1.54, 1.807) is 71.1 Å². The number of nitrogens with zero attached hydrogens (tertiary/aromatic N) is 18. The maximum atomic E-state index is 5.10. The second kappa shape index (κ2) is 30.0. The first kappa shape index (κ1) is 58.5. The van der Waals surface area contributed by atoms with E-state index >= 15 is 0 Å². The van der Waals surface area contributed by atoms with E-state index in [9.17, 15) is 0 Å². The largest absolute Gasteiger partial charge is 0.446 e. The Hall–Kier alpha value is -6.58. The van der Waals surface area contributed by atoms with Crippen molar-refractivity contribution in [3.63, 3.8) is 0 Å². The molecule has 0 aliphatic carbocycles. The van der Waals surface area contributed by atoms with Gasteiger partial charge in [0.1, 0.15) is 31.6 Å². The minimum Gasteiger partial charge on any atom is -0.446 e. The molecule has 0 saturated heterocycles. The van der Waals surface area contributed by atoms with Gasteiger partial charge in [0.15, 0.2) is 17.5 Å². The first-order valence-corrected chi connectivity index (χ1v) is 23.9. The van der Waals surface area contributed by atoms with Crippen molar-refractivity contribution in [2.24, 2.45) is 0 Å². The highest BCUT2D eigenvalue weighted by atomic mass is 32.1. The molecule has 0 saturated carbocycles. The Kier molecular flexibility index (Phi) is 25.5. The average molecular weight is 1030 g/mol. The molecule has 0 N–H and O–H groups in total. The smallest absolute Gasteiger partial charge is 0.245 e. The van der Waals surface area contributed by atoms with Gasteiger partial charge in [0.2, 0.25) is 29.5 Å². The highest BCUT2D eigenvalue weighted by molar-refractivity contribution is 7.18. The quantitative estimate of drug-likeness (QED) is 0.136. The number of rotatable bonds is 0. The van der Waals surface area contributed by atoms with Crippen LogP contribution in [-0.4, -0.2) is 90.4 Å². The predicted octanol–water partition coefficient (Wildman–Crippen LogP) is 9.82. The van der Waals surface area contributed by atoms with E-state index in [1.165, 1.54) is 55.5 Å². The lowest BCUT2D eigenvalue weighted by Gasteiger charge is -2.09. The Bertz CT molecular complexity index is 2550. The Morgan fingerprint density at radius 1 is 0.362 bits per heavy atom. The summed E-state index contributed by atoms with van der Waals surface area (Å²) in [7, 11) is 0. The van der Waals surface area contributed by atoms with Gasteiger partial charge in [0.25, 0.3) is 0 Å². The third-order valence-electron chi connectivity index (χ3n) is 8.18. The van der Waals surface area contributed by atoms with Gasteiger partial charge in [-0.15, -0.1) is 48.2 Å². The van der Waals surface area contributed by atoms with Gasteiger partial charge < -0.3 is 22.4 Å². The zero-order valence-electron chi connectivity index (χ0n) is 42.7. The molecule has 9 heterocycles. The first-order chi connectivity index (χ1) is 32.4. The van der Waals surface area contributed by atoms with E-state index in [0.29, 0.717) is 41.1 Å². The molecule has 0 fully saturated rings. The predicted molar refractivity (Wildman–Crippen MR) is 263 cm³/mol. The molecule has 0 unspecified atom stereocenters. The van der Waals surface area contributed by atoms with Gasteiger partial charge in [-0.3, -0.25) is 0 Å². The van der Waals surface area contributed by atoms with E-state index < -0.39 is 0 Å². The van der Waals surface area contributed by atoms with Gasteiger partial charge in [-0.05, 0) is 141 Å². The van der Waals surface area contributed by atoms with Crippen LogP contribution < -0.4 is 0 Å². The van der Waals surface area contributed by atoms with Crippen LogP contribution in [0.15, 0.2) is 22.4 Å². The van der Waals surface area contributed by atoms with Crippen molar-refractivity contribution in [3.8, 4) is 0 Å². The van der Waals surface area contributed by atoms with Crippen molar-refractivity contribution < 1.29 is 22.4 Å².